The summed E-state index contributed by atoms with van der Waals surface area (Å²) in [4.78, 5) is 6.85. The number of fused-ring (bicyclic) bond motifs is 2. The first-order chi connectivity index (χ1) is 10.9. The van der Waals surface area contributed by atoms with Crippen LogP contribution in [0.1, 0.15) is 0 Å². The lowest BCUT2D eigenvalue weighted by Gasteiger charge is -1.96. The Morgan fingerprint density at radius 2 is 1.05 bits per heavy atom. The van der Waals surface area contributed by atoms with Crippen molar-refractivity contribution in [1.82, 2.24) is 9.97 Å². The van der Waals surface area contributed by atoms with Crippen LogP contribution in [0.3, 0.4) is 0 Å². The topological polar surface area (TPSA) is 31.6 Å². The molecule has 2 heterocycles. The van der Waals surface area contributed by atoms with Crippen molar-refractivity contribution in [3.63, 3.8) is 0 Å². The average Bonchev–Trinajstić information content (AvgIpc) is 3.14. The van der Waals surface area contributed by atoms with Gasteiger partial charge in [-0.25, -0.2) is 0 Å². The molecule has 22 heavy (non-hydrogen) atoms. The van der Waals surface area contributed by atoms with Crippen LogP contribution in [0.4, 0.5) is 0 Å². The van der Waals surface area contributed by atoms with Crippen molar-refractivity contribution >= 4 is 63.0 Å². The van der Waals surface area contributed by atoms with E-state index in [4.69, 9.17) is 0 Å². The SMILES string of the molecule is c1ccc2[nH]c(SSSSc3cc4ccccc4[nH]3)cc2c1. The van der Waals surface area contributed by atoms with Gasteiger partial charge in [0, 0.05) is 21.8 Å². The molecule has 0 atom stereocenters. The maximum atomic E-state index is 3.43. The number of aromatic amines is 2. The minimum atomic E-state index is 1.19. The normalized spacial score (nSPS) is 11.5. The quantitative estimate of drug-likeness (QED) is 0.305. The molecule has 2 N–H and O–H groups in total. The van der Waals surface area contributed by atoms with Crippen molar-refractivity contribution in [3.05, 3.63) is 60.7 Å². The maximum absolute atomic E-state index is 3.43. The van der Waals surface area contributed by atoms with E-state index in [1.165, 1.54) is 31.9 Å². The van der Waals surface area contributed by atoms with E-state index in [-0.39, 0.29) is 0 Å². The highest BCUT2D eigenvalue weighted by molar-refractivity contribution is 9.26. The third-order valence-corrected chi connectivity index (χ3v) is 9.15. The Morgan fingerprint density at radius 1 is 0.591 bits per heavy atom. The molecule has 0 bridgehead atoms. The van der Waals surface area contributed by atoms with E-state index in [0.29, 0.717) is 0 Å². The highest BCUT2D eigenvalue weighted by atomic mass is 33.7. The number of aromatic nitrogens is 2. The highest BCUT2D eigenvalue weighted by Crippen LogP contribution is 2.49. The van der Waals surface area contributed by atoms with Gasteiger partial charge in [0.25, 0.3) is 0 Å². The summed E-state index contributed by atoms with van der Waals surface area (Å²) in [6.45, 7) is 0. The first kappa shape index (κ1) is 14.5. The van der Waals surface area contributed by atoms with Gasteiger partial charge in [0.05, 0.1) is 10.1 Å². The summed E-state index contributed by atoms with van der Waals surface area (Å²) in [5, 5.41) is 4.91. The monoisotopic (exact) mass is 360 g/mol. The van der Waals surface area contributed by atoms with Gasteiger partial charge in [0.1, 0.15) is 0 Å². The highest BCUT2D eigenvalue weighted by Gasteiger charge is 2.04. The molecule has 0 radical (unpaired) electrons. The summed E-state index contributed by atoms with van der Waals surface area (Å²) in [5.41, 5.74) is 2.39. The second-order valence-corrected chi connectivity index (χ2v) is 10.5. The number of nitrogens with one attached hydrogen (secondary N) is 2. The average molecular weight is 361 g/mol. The van der Waals surface area contributed by atoms with Crippen molar-refractivity contribution in [1.29, 1.82) is 0 Å². The summed E-state index contributed by atoms with van der Waals surface area (Å²) < 4.78 is 0. The molecule has 0 saturated heterocycles. The largest absolute Gasteiger partial charge is 0.349 e. The van der Waals surface area contributed by atoms with Crippen molar-refractivity contribution in [2.45, 2.75) is 10.1 Å². The molecule has 0 amide bonds. The van der Waals surface area contributed by atoms with E-state index in [9.17, 15) is 0 Å². The zero-order chi connectivity index (χ0) is 14.8. The first-order valence-corrected chi connectivity index (χ1v) is 11.5. The van der Waals surface area contributed by atoms with Gasteiger partial charge in [-0.3, -0.25) is 0 Å². The van der Waals surface area contributed by atoms with Crippen LogP contribution in [0.15, 0.2) is 70.7 Å². The number of para-hydroxylation sites is 2. The Balaban J connectivity index is 1.35. The minimum Gasteiger partial charge on any atom is -0.349 e. The molecule has 0 fully saturated rings. The molecule has 110 valence electrons. The third-order valence-electron chi connectivity index (χ3n) is 3.29. The van der Waals surface area contributed by atoms with E-state index < -0.39 is 0 Å². The van der Waals surface area contributed by atoms with E-state index >= 15 is 0 Å². The molecular weight excluding hydrogens is 348 g/mol. The summed E-state index contributed by atoms with van der Waals surface area (Å²) in [7, 11) is 7.07. The van der Waals surface area contributed by atoms with E-state index in [1.54, 1.807) is 41.2 Å². The fourth-order valence-corrected chi connectivity index (χ4v) is 7.60. The third kappa shape index (κ3) is 3.15. The van der Waals surface area contributed by atoms with Gasteiger partial charge in [-0.05, 0) is 65.5 Å². The fraction of sp³-hybridized carbons (Fsp3) is 0. The molecule has 0 aliphatic rings. The summed E-state index contributed by atoms with van der Waals surface area (Å²) in [5.74, 6) is 0. The van der Waals surface area contributed by atoms with Gasteiger partial charge >= 0.3 is 0 Å². The van der Waals surface area contributed by atoms with Crippen molar-refractivity contribution < 1.29 is 0 Å². The fourth-order valence-electron chi connectivity index (χ4n) is 2.28. The van der Waals surface area contributed by atoms with Crippen LogP contribution in [0.25, 0.3) is 21.8 Å². The molecule has 0 aliphatic carbocycles. The summed E-state index contributed by atoms with van der Waals surface area (Å²) >= 11 is 0. The molecule has 2 aromatic carbocycles. The number of H-pyrrole nitrogens is 2. The second kappa shape index (κ2) is 6.58. The Hall–Kier alpha value is -1.08. The molecule has 0 aliphatic heterocycles. The Bertz CT molecular complexity index is 770. The Kier molecular flexibility index (Phi) is 4.34. The van der Waals surface area contributed by atoms with Crippen molar-refractivity contribution in [2.75, 3.05) is 0 Å². The van der Waals surface area contributed by atoms with E-state index in [1.807, 2.05) is 0 Å². The van der Waals surface area contributed by atoms with Gasteiger partial charge in [-0.15, -0.1) is 0 Å². The Labute approximate surface area is 143 Å². The number of rotatable bonds is 5. The van der Waals surface area contributed by atoms with Crippen LogP contribution < -0.4 is 0 Å². The zero-order valence-corrected chi connectivity index (χ0v) is 14.7. The number of benzene rings is 2. The van der Waals surface area contributed by atoms with Crippen LogP contribution in [-0.2, 0) is 0 Å². The predicted molar refractivity (Wildman–Crippen MR) is 103 cm³/mol. The van der Waals surface area contributed by atoms with Crippen LogP contribution in [0.5, 0.6) is 0 Å². The molecule has 2 aromatic heterocycles. The van der Waals surface area contributed by atoms with Gasteiger partial charge in [0.15, 0.2) is 0 Å². The maximum Gasteiger partial charge on any atom is 0.0848 e. The van der Waals surface area contributed by atoms with Gasteiger partial charge in [-0.2, -0.15) is 0 Å². The Morgan fingerprint density at radius 3 is 1.50 bits per heavy atom. The van der Waals surface area contributed by atoms with Crippen molar-refractivity contribution in [3.8, 4) is 0 Å². The van der Waals surface area contributed by atoms with Gasteiger partial charge in [-0.1, -0.05) is 36.4 Å². The number of hydrogen-bond donors (Lipinski definition) is 2. The van der Waals surface area contributed by atoms with Crippen LogP contribution in [0, 0.1) is 0 Å². The molecule has 0 saturated carbocycles. The predicted octanol–water partition coefficient (Wildman–Crippen LogP) is 6.75. The number of hydrogen-bond acceptors (Lipinski definition) is 4. The standard InChI is InChI=1S/C16H12N2S4/c1-3-7-13-11(5-1)9-15(17-13)19-21-22-20-16-10-12-6-2-4-8-14(12)18-16/h1-10,17-18H. The summed E-state index contributed by atoms with van der Waals surface area (Å²) in [6.07, 6.45) is 0. The van der Waals surface area contributed by atoms with Crippen LogP contribution >= 0.6 is 41.2 Å². The molecule has 6 heteroatoms. The lowest BCUT2D eigenvalue weighted by molar-refractivity contribution is 1.25. The zero-order valence-electron chi connectivity index (χ0n) is 11.4. The second-order valence-electron chi connectivity index (χ2n) is 4.74. The van der Waals surface area contributed by atoms with Gasteiger partial charge in [0.2, 0.25) is 0 Å². The molecule has 0 unspecified atom stereocenters. The van der Waals surface area contributed by atoms with Crippen molar-refractivity contribution in [2.24, 2.45) is 0 Å². The molecular formula is C16H12N2S4. The first-order valence-electron chi connectivity index (χ1n) is 6.72. The molecule has 4 aromatic rings. The molecule has 4 rings (SSSR count). The van der Waals surface area contributed by atoms with E-state index in [0.717, 1.165) is 0 Å². The molecule has 0 spiro atoms. The van der Waals surface area contributed by atoms with Gasteiger partial charge < -0.3 is 9.97 Å². The summed E-state index contributed by atoms with van der Waals surface area (Å²) in [6, 6.07) is 21.1. The molecule has 2 nitrogen and oxygen atoms in total. The smallest absolute Gasteiger partial charge is 0.0848 e. The lowest BCUT2D eigenvalue weighted by atomic mass is 10.3. The van der Waals surface area contributed by atoms with Crippen LogP contribution in [0.2, 0.25) is 0 Å². The van der Waals surface area contributed by atoms with E-state index in [2.05, 4.69) is 70.6 Å². The van der Waals surface area contributed by atoms with Crippen LogP contribution in [-0.4, -0.2) is 9.97 Å². The lowest BCUT2D eigenvalue weighted by Crippen LogP contribution is -1.65. The minimum absolute atomic E-state index is 1.19.